The van der Waals surface area contributed by atoms with Crippen LogP contribution in [0.2, 0.25) is 0 Å². The lowest BCUT2D eigenvalue weighted by molar-refractivity contribution is 0.0783. The van der Waals surface area contributed by atoms with Gasteiger partial charge >= 0.3 is 0 Å². The third kappa shape index (κ3) is 4.00. The molecule has 2 heterocycles. The number of piperidine rings is 1. The fraction of sp³-hybridized carbons (Fsp3) is 0.667. The van der Waals surface area contributed by atoms with Gasteiger partial charge in [0.15, 0.2) is 0 Å². The van der Waals surface area contributed by atoms with Crippen LogP contribution in [-0.2, 0) is 0 Å². The average molecular weight is 303 g/mol. The number of hydrogen-bond acceptors (Lipinski definition) is 4. The topological polar surface area (TPSA) is 30.0 Å². The van der Waals surface area contributed by atoms with Crippen LogP contribution in [0.4, 0.5) is 5.69 Å². The van der Waals surface area contributed by atoms with Gasteiger partial charge in [-0.3, -0.25) is 9.80 Å². The van der Waals surface area contributed by atoms with Crippen molar-refractivity contribution in [3.05, 3.63) is 30.3 Å². The van der Waals surface area contributed by atoms with E-state index in [1.807, 2.05) is 0 Å². The van der Waals surface area contributed by atoms with Gasteiger partial charge in [0.1, 0.15) is 0 Å². The van der Waals surface area contributed by atoms with Crippen molar-refractivity contribution in [3.63, 3.8) is 0 Å². The molecule has 1 N–H and O–H groups in total. The van der Waals surface area contributed by atoms with E-state index < -0.39 is 0 Å². The van der Waals surface area contributed by atoms with Crippen LogP contribution < -0.4 is 4.90 Å². The van der Waals surface area contributed by atoms with E-state index in [4.69, 9.17) is 0 Å². The first-order valence-corrected chi connectivity index (χ1v) is 8.74. The Morgan fingerprint density at radius 2 is 1.68 bits per heavy atom. The average Bonchev–Trinajstić information content (AvgIpc) is 2.61. The molecule has 1 aromatic rings. The Morgan fingerprint density at radius 3 is 2.41 bits per heavy atom. The Labute approximate surface area is 134 Å². The van der Waals surface area contributed by atoms with E-state index >= 15 is 0 Å². The fourth-order valence-electron chi connectivity index (χ4n) is 3.70. The highest BCUT2D eigenvalue weighted by molar-refractivity contribution is 5.46. The zero-order chi connectivity index (χ0) is 15.2. The van der Waals surface area contributed by atoms with E-state index in [1.165, 1.54) is 18.5 Å². The Kier molecular flexibility index (Phi) is 5.70. The zero-order valence-electron chi connectivity index (χ0n) is 13.5. The lowest BCUT2D eigenvalue weighted by Gasteiger charge is -2.39. The molecule has 0 unspecified atom stereocenters. The number of likely N-dealkylation sites (tertiary alicyclic amines) is 1. The molecule has 3 rings (SSSR count). The van der Waals surface area contributed by atoms with Crippen LogP contribution in [0.1, 0.15) is 19.3 Å². The van der Waals surface area contributed by atoms with Crippen molar-refractivity contribution in [1.82, 2.24) is 9.80 Å². The van der Waals surface area contributed by atoms with Crippen molar-refractivity contribution in [2.45, 2.75) is 25.3 Å². The van der Waals surface area contributed by atoms with Gasteiger partial charge < -0.3 is 10.0 Å². The molecule has 2 fully saturated rings. The summed E-state index contributed by atoms with van der Waals surface area (Å²) in [4.78, 5) is 7.55. The Balaban J connectivity index is 1.42. The quantitative estimate of drug-likeness (QED) is 0.896. The van der Waals surface area contributed by atoms with E-state index in [-0.39, 0.29) is 0 Å². The lowest BCUT2D eigenvalue weighted by atomic mass is 10.0. The first-order valence-electron chi connectivity index (χ1n) is 8.74. The van der Waals surface area contributed by atoms with Crippen LogP contribution in [0.5, 0.6) is 0 Å². The number of piperazine rings is 1. The number of anilines is 1. The highest BCUT2D eigenvalue weighted by Gasteiger charge is 2.23. The Hall–Kier alpha value is -1.10. The van der Waals surface area contributed by atoms with Crippen molar-refractivity contribution in [1.29, 1.82) is 0 Å². The van der Waals surface area contributed by atoms with Gasteiger partial charge in [-0.25, -0.2) is 0 Å². The minimum atomic E-state index is 0.321. The monoisotopic (exact) mass is 303 g/mol. The number of aliphatic hydroxyl groups excluding tert-OH is 1. The minimum absolute atomic E-state index is 0.321. The van der Waals surface area contributed by atoms with Crippen molar-refractivity contribution >= 4 is 5.69 Å². The van der Waals surface area contributed by atoms with Gasteiger partial charge in [0.25, 0.3) is 0 Å². The summed E-state index contributed by atoms with van der Waals surface area (Å²) in [6, 6.07) is 11.1. The molecule has 122 valence electrons. The normalized spacial score (nSPS) is 24.6. The van der Waals surface area contributed by atoms with Crippen LogP contribution in [0.25, 0.3) is 0 Å². The predicted molar refractivity (Wildman–Crippen MR) is 91.4 cm³/mol. The third-order valence-corrected chi connectivity index (χ3v) is 5.16. The van der Waals surface area contributed by atoms with Gasteiger partial charge in [-0.05, 0) is 31.5 Å². The SMILES string of the molecule is OC[C@H]1CCCCN1CCN1CCN(c2ccccc2)CC1. The third-order valence-electron chi connectivity index (χ3n) is 5.16. The van der Waals surface area contributed by atoms with Crippen molar-refractivity contribution < 1.29 is 5.11 Å². The summed E-state index contributed by atoms with van der Waals surface area (Å²) >= 11 is 0. The molecule has 4 heteroatoms. The molecule has 0 radical (unpaired) electrons. The minimum Gasteiger partial charge on any atom is -0.395 e. The molecule has 2 aliphatic rings. The molecule has 0 amide bonds. The highest BCUT2D eigenvalue weighted by atomic mass is 16.3. The van der Waals surface area contributed by atoms with Gasteiger partial charge in [0.05, 0.1) is 6.61 Å². The van der Waals surface area contributed by atoms with E-state index in [1.54, 1.807) is 0 Å². The number of aliphatic hydroxyl groups is 1. The van der Waals surface area contributed by atoms with E-state index in [9.17, 15) is 5.11 Å². The molecule has 22 heavy (non-hydrogen) atoms. The Morgan fingerprint density at radius 1 is 0.909 bits per heavy atom. The fourth-order valence-corrected chi connectivity index (χ4v) is 3.70. The van der Waals surface area contributed by atoms with Crippen LogP contribution in [0.15, 0.2) is 30.3 Å². The first kappa shape index (κ1) is 15.8. The van der Waals surface area contributed by atoms with E-state index in [2.05, 4.69) is 45.0 Å². The molecule has 0 spiro atoms. The second-order valence-corrected chi connectivity index (χ2v) is 6.53. The van der Waals surface area contributed by atoms with Gasteiger partial charge in [-0.2, -0.15) is 0 Å². The molecule has 4 nitrogen and oxygen atoms in total. The van der Waals surface area contributed by atoms with Gasteiger partial charge in [0, 0.05) is 51.0 Å². The maximum Gasteiger partial charge on any atom is 0.0586 e. The Bertz CT molecular complexity index is 431. The molecule has 1 aromatic carbocycles. The second-order valence-electron chi connectivity index (χ2n) is 6.53. The van der Waals surface area contributed by atoms with Gasteiger partial charge in [-0.15, -0.1) is 0 Å². The maximum atomic E-state index is 9.50. The number of rotatable bonds is 5. The first-order chi connectivity index (χ1) is 10.9. The molecule has 2 aliphatic heterocycles. The van der Waals surface area contributed by atoms with E-state index in [0.717, 1.165) is 52.2 Å². The maximum absolute atomic E-state index is 9.50. The van der Waals surface area contributed by atoms with E-state index in [0.29, 0.717) is 12.6 Å². The van der Waals surface area contributed by atoms with Gasteiger partial charge in [0.2, 0.25) is 0 Å². The summed E-state index contributed by atoms with van der Waals surface area (Å²) in [5.74, 6) is 0. The summed E-state index contributed by atoms with van der Waals surface area (Å²) < 4.78 is 0. The molecule has 0 saturated carbocycles. The second kappa shape index (κ2) is 7.95. The summed E-state index contributed by atoms with van der Waals surface area (Å²) in [6.07, 6.45) is 3.73. The molecule has 0 aromatic heterocycles. The molecule has 1 atom stereocenters. The standard InChI is InChI=1S/C18H29N3O/c22-16-18-8-4-5-9-20(18)13-10-19-11-14-21(15-12-19)17-6-2-1-3-7-17/h1-3,6-7,18,22H,4-5,8-16H2/t18-/m1/s1. The smallest absolute Gasteiger partial charge is 0.0586 e. The largest absolute Gasteiger partial charge is 0.395 e. The molecule has 0 aliphatic carbocycles. The van der Waals surface area contributed by atoms with Crippen LogP contribution >= 0.6 is 0 Å². The van der Waals surface area contributed by atoms with Gasteiger partial charge in [-0.1, -0.05) is 24.6 Å². The van der Waals surface area contributed by atoms with Crippen LogP contribution in [0, 0.1) is 0 Å². The molecule has 2 saturated heterocycles. The molecule has 0 bridgehead atoms. The number of hydrogen-bond donors (Lipinski definition) is 1. The number of para-hydroxylation sites is 1. The summed E-state index contributed by atoms with van der Waals surface area (Å²) in [6.45, 7) is 8.26. The van der Waals surface area contributed by atoms with Crippen molar-refractivity contribution in [2.75, 3.05) is 57.3 Å². The lowest BCUT2D eigenvalue weighted by Crippen LogP contribution is -2.50. The van der Waals surface area contributed by atoms with Crippen LogP contribution in [-0.4, -0.2) is 73.4 Å². The van der Waals surface area contributed by atoms with Crippen LogP contribution in [0.3, 0.4) is 0 Å². The summed E-state index contributed by atoms with van der Waals surface area (Å²) in [5, 5.41) is 9.50. The number of benzene rings is 1. The number of nitrogens with zero attached hydrogens (tertiary/aromatic N) is 3. The highest BCUT2D eigenvalue weighted by Crippen LogP contribution is 2.18. The molecular formula is C18H29N3O. The van der Waals surface area contributed by atoms with Crippen molar-refractivity contribution in [2.24, 2.45) is 0 Å². The summed E-state index contributed by atoms with van der Waals surface area (Å²) in [5.41, 5.74) is 1.35. The molecular weight excluding hydrogens is 274 g/mol. The zero-order valence-corrected chi connectivity index (χ0v) is 13.5. The summed E-state index contributed by atoms with van der Waals surface area (Å²) in [7, 11) is 0. The van der Waals surface area contributed by atoms with Crippen molar-refractivity contribution in [3.8, 4) is 0 Å². The predicted octanol–water partition coefficient (Wildman–Crippen LogP) is 1.66.